The van der Waals surface area contributed by atoms with Crippen LogP contribution in [-0.2, 0) is 13.6 Å². The van der Waals surface area contributed by atoms with Gasteiger partial charge < -0.3 is 4.57 Å². The van der Waals surface area contributed by atoms with Gasteiger partial charge in [0.1, 0.15) is 0 Å². The zero-order valence-electron chi connectivity index (χ0n) is 15.2. The van der Waals surface area contributed by atoms with Gasteiger partial charge in [0, 0.05) is 12.8 Å². The van der Waals surface area contributed by atoms with Crippen LogP contribution in [0.15, 0.2) is 45.1 Å². The summed E-state index contributed by atoms with van der Waals surface area (Å²) >= 11 is 1.65. The molecule has 0 aliphatic rings. The van der Waals surface area contributed by atoms with Crippen LogP contribution in [0.3, 0.4) is 0 Å². The minimum Gasteiger partial charge on any atom is -0.309 e. The number of nitrogens with one attached hydrogen (secondary N) is 1. The Morgan fingerprint density at radius 3 is 2.62 bits per heavy atom. The molecular formula is C19H24N4O2S. The smallest absolute Gasteiger partial charge is 0.309 e. The predicted molar refractivity (Wildman–Crippen MR) is 106 cm³/mol. The van der Waals surface area contributed by atoms with Crippen LogP contribution in [0.5, 0.6) is 0 Å². The van der Waals surface area contributed by atoms with Gasteiger partial charge in [-0.1, -0.05) is 68.3 Å². The predicted octanol–water partition coefficient (Wildman–Crippen LogP) is 3.14. The van der Waals surface area contributed by atoms with Crippen LogP contribution in [0.1, 0.15) is 38.2 Å². The molecule has 0 bridgehead atoms. The lowest BCUT2D eigenvalue weighted by Gasteiger charge is -2.08. The molecular weight excluding hydrogens is 348 g/mol. The molecule has 0 aliphatic heterocycles. The molecule has 26 heavy (non-hydrogen) atoms. The van der Waals surface area contributed by atoms with Crippen molar-refractivity contribution in [3.05, 3.63) is 56.7 Å². The van der Waals surface area contributed by atoms with Gasteiger partial charge >= 0.3 is 5.69 Å². The van der Waals surface area contributed by atoms with Crippen LogP contribution in [-0.4, -0.2) is 24.9 Å². The maximum atomic E-state index is 12.5. The van der Waals surface area contributed by atoms with Gasteiger partial charge in [-0.25, -0.2) is 9.78 Å². The molecule has 2 aromatic heterocycles. The first-order valence-electron chi connectivity index (χ1n) is 8.98. The lowest BCUT2D eigenvalue weighted by Crippen LogP contribution is -2.29. The van der Waals surface area contributed by atoms with Crippen molar-refractivity contribution in [2.75, 3.05) is 5.75 Å². The summed E-state index contributed by atoms with van der Waals surface area (Å²) in [5.41, 5.74) is 1.15. The summed E-state index contributed by atoms with van der Waals surface area (Å²) in [5, 5.41) is 0.784. The van der Waals surface area contributed by atoms with Gasteiger partial charge in [0.15, 0.2) is 16.3 Å². The molecule has 0 fully saturated rings. The van der Waals surface area contributed by atoms with E-state index in [2.05, 4.69) is 16.9 Å². The fraction of sp³-hybridized carbons (Fsp3) is 0.421. The molecule has 0 unspecified atom stereocenters. The topological polar surface area (TPSA) is 72.7 Å². The summed E-state index contributed by atoms with van der Waals surface area (Å²) in [6.45, 7) is 2.75. The first kappa shape index (κ1) is 18.5. The van der Waals surface area contributed by atoms with Crippen LogP contribution >= 0.6 is 11.8 Å². The summed E-state index contributed by atoms with van der Waals surface area (Å²) in [6.07, 6.45) is 4.74. The Morgan fingerprint density at radius 1 is 1.12 bits per heavy atom. The fourth-order valence-electron chi connectivity index (χ4n) is 2.93. The molecule has 0 saturated heterocycles. The number of nitrogens with zero attached hydrogens (tertiary/aromatic N) is 3. The summed E-state index contributed by atoms with van der Waals surface area (Å²) < 4.78 is 3.33. The molecule has 0 amide bonds. The molecule has 138 valence electrons. The normalized spacial score (nSPS) is 11.3. The minimum atomic E-state index is -0.439. The van der Waals surface area contributed by atoms with Crippen molar-refractivity contribution in [1.82, 2.24) is 19.1 Å². The second-order valence-corrected chi connectivity index (χ2v) is 7.43. The molecule has 3 rings (SSSR count). The lowest BCUT2D eigenvalue weighted by atomic mass is 10.2. The fourth-order valence-corrected chi connectivity index (χ4v) is 3.92. The molecule has 2 heterocycles. The number of thioether (sulfide) groups is 1. The molecule has 6 nitrogen and oxygen atoms in total. The van der Waals surface area contributed by atoms with E-state index in [0.717, 1.165) is 22.9 Å². The Labute approximate surface area is 156 Å². The van der Waals surface area contributed by atoms with E-state index < -0.39 is 5.69 Å². The molecule has 3 aromatic rings. The van der Waals surface area contributed by atoms with E-state index in [4.69, 9.17) is 0 Å². The zero-order chi connectivity index (χ0) is 18.5. The summed E-state index contributed by atoms with van der Waals surface area (Å²) in [5.74, 6) is 0.948. The van der Waals surface area contributed by atoms with Gasteiger partial charge in [0.05, 0.1) is 6.54 Å². The summed E-state index contributed by atoms with van der Waals surface area (Å²) in [7, 11) is 1.64. The number of fused-ring (bicyclic) bond motifs is 1. The van der Waals surface area contributed by atoms with Gasteiger partial charge in [-0.15, -0.1) is 0 Å². The Kier molecular flexibility index (Phi) is 5.98. The third kappa shape index (κ3) is 3.93. The largest absolute Gasteiger partial charge is 0.329 e. The number of unbranched alkanes of at least 4 members (excludes halogenated alkanes) is 3. The van der Waals surface area contributed by atoms with E-state index in [0.29, 0.717) is 17.7 Å². The quantitative estimate of drug-likeness (QED) is 0.487. The van der Waals surface area contributed by atoms with Crippen LogP contribution in [0, 0.1) is 0 Å². The number of hydrogen-bond donors (Lipinski definition) is 1. The molecule has 7 heteroatoms. The highest BCUT2D eigenvalue weighted by Gasteiger charge is 2.17. The summed E-state index contributed by atoms with van der Waals surface area (Å²) in [6, 6.07) is 9.97. The molecule has 0 atom stereocenters. The number of rotatable bonds is 8. The number of aryl methyl sites for hydroxylation is 1. The highest BCUT2D eigenvalue weighted by atomic mass is 32.2. The number of aromatic amines is 1. The van der Waals surface area contributed by atoms with Crippen molar-refractivity contribution in [3.63, 3.8) is 0 Å². The van der Waals surface area contributed by atoms with Crippen LogP contribution in [0.25, 0.3) is 11.2 Å². The van der Waals surface area contributed by atoms with Crippen molar-refractivity contribution in [2.45, 2.75) is 44.3 Å². The van der Waals surface area contributed by atoms with Crippen molar-refractivity contribution in [3.8, 4) is 0 Å². The lowest BCUT2D eigenvalue weighted by molar-refractivity contribution is 0.701. The standard InChI is InChI=1S/C19H24N4O2S/c1-3-4-5-9-12-26-19-20-16-15(17(24)21-18(25)22(16)2)23(19)13-14-10-7-6-8-11-14/h6-8,10-11H,3-5,9,12-13H2,1-2H3,(H,21,24,25). The SMILES string of the molecule is CCCCCCSc1nc2c(c(=O)[nH]c(=O)n2C)n1Cc1ccccc1. The first-order chi connectivity index (χ1) is 12.6. The van der Waals surface area contributed by atoms with Crippen LogP contribution in [0.2, 0.25) is 0 Å². The average Bonchev–Trinajstić information content (AvgIpc) is 2.99. The maximum absolute atomic E-state index is 12.5. The van der Waals surface area contributed by atoms with Crippen LogP contribution < -0.4 is 11.2 Å². The maximum Gasteiger partial charge on any atom is 0.329 e. The van der Waals surface area contributed by atoms with E-state index in [9.17, 15) is 9.59 Å². The number of benzene rings is 1. The van der Waals surface area contributed by atoms with E-state index in [1.165, 1.54) is 23.8 Å². The van der Waals surface area contributed by atoms with E-state index >= 15 is 0 Å². The van der Waals surface area contributed by atoms with Crippen molar-refractivity contribution >= 4 is 22.9 Å². The van der Waals surface area contributed by atoms with Gasteiger partial charge in [-0.05, 0) is 12.0 Å². The monoisotopic (exact) mass is 372 g/mol. The Hall–Kier alpha value is -2.28. The molecule has 0 aliphatic carbocycles. The molecule has 1 N–H and O–H groups in total. The van der Waals surface area contributed by atoms with E-state index in [1.807, 2.05) is 34.9 Å². The highest BCUT2D eigenvalue weighted by molar-refractivity contribution is 7.99. The zero-order valence-corrected chi connectivity index (χ0v) is 16.0. The van der Waals surface area contributed by atoms with Gasteiger partial charge in [-0.3, -0.25) is 14.3 Å². The van der Waals surface area contributed by atoms with Crippen molar-refractivity contribution in [2.24, 2.45) is 7.05 Å². The number of H-pyrrole nitrogens is 1. The molecule has 0 spiro atoms. The highest BCUT2D eigenvalue weighted by Crippen LogP contribution is 2.24. The third-order valence-corrected chi connectivity index (χ3v) is 5.45. The molecule has 0 radical (unpaired) electrons. The van der Waals surface area contributed by atoms with E-state index in [1.54, 1.807) is 18.8 Å². The van der Waals surface area contributed by atoms with Crippen molar-refractivity contribution in [1.29, 1.82) is 0 Å². The second kappa shape index (κ2) is 8.40. The molecule has 1 aromatic carbocycles. The Bertz CT molecular complexity index is 988. The van der Waals surface area contributed by atoms with Gasteiger partial charge in [-0.2, -0.15) is 0 Å². The first-order valence-corrected chi connectivity index (χ1v) is 9.96. The number of hydrogen-bond acceptors (Lipinski definition) is 4. The van der Waals surface area contributed by atoms with Crippen LogP contribution in [0.4, 0.5) is 0 Å². The minimum absolute atomic E-state index is 0.385. The number of aromatic nitrogens is 4. The van der Waals surface area contributed by atoms with Gasteiger partial charge in [0.25, 0.3) is 5.56 Å². The Balaban J connectivity index is 2.00. The Morgan fingerprint density at radius 2 is 1.88 bits per heavy atom. The average molecular weight is 372 g/mol. The molecule has 0 saturated carbocycles. The summed E-state index contributed by atoms with van der Waals surface area (Å²) in [4.78, 5) is 31.4. The van der Waals surface area contributed by atoms with E-state index in [-0.39, 0.29) is 5.56 Å². The third-order valence-electron chi connectivity index (χ3n) is 4.38. The second-order valence-electron chi connectivity index (χ2n) is 6.37. The number of imidazole rings is 1. The van der Waals surface area contributed by atoms with Gasteiger partial charge in [0.2, 0.25) is 0 Å². The van der Waals surface area contributed by atoms with Crippen molar-refractivity contribution < 1.29 is 0 Å².